The average molecular weight is 365 g/mol. The van der Waals surface area contributed by atoms with E-state index in [1.54, 1.807) is 24.3 Å². The van der Waals surface area contributed by atoms with Crippen LogP contribution < -0.4 is 4.74 Å². The molecule has 0 atom stereocenters. The second kappa shape index (κ2) is 8.33. The third-order valence-electron chi connectivity index (χ3n) is 2.09. The molecule has 0 spiro atoms. The topological polar surface area (TPSA) is 9.23 Å². The summed E-state index contributed by atoms with van der Waals surface area (Å²) >= 11 is 4.25. The van der Waals surface area contributed by atoms with E-state index in [4.69, 9.17) is 4.74 Å². The van der Waals surface area contributed by atoms with Crippen LogP contribution in [0.2, 0.25) is 0 Å². The fourth-order valence-corrected chi connectivity index (χ4v) is 1.28. The van der Waals surface area contributed by atoms with Crippen LogP contribution in [0.5, 0.6) is 5.75 Å². The van der Waals surface area contributed by atoms with Gasteiger partial charge in [0.1, 0.15) is 18.2 Å². The summed E-state index contributed by atoms with van der Waals surface area (Å²) in [6, 6.07) is 12.9. The Hall–Kier alpha value is -0.797. The van der Waals surface area contributed by atoms with Gasteiger partial charge in [-0.2, -0.15) is 18.2 Å². The molecule has 0 bridgehead atoms. The Balaban J connectivity index is 0.000000771. The SMILES string of the molecule is Fc1ccc(F)c(COc2cc[c-]cc2)c1.[Zn+][Br]. The minimum absolute atomic E-state index is 0.00755. The molecular formula is C13H9BrF2OZn. The van der Waals surface area contributed by atoms with Crippen LogP contribution in [0.15, 0.2) is 42.5 Å². The van der Waals surface area contributed by atoms with Crippen molar-refractivity contribution >= 4 is 13.6 Å². The molecule has 2 rings (SSSR count). The fourth-order valence-electron chi connectivity index (χ4n) is 1.28. The molecule has 0 radical (unpaired) electrons. The van der Waals surface area contributed by atoms with E-state index in [0.717, 1.165) is 18.2 Å². The zero-order chi connectivity index (χ0) is 13.4. The number of hydrogen-bond acceptors (Lipinski definition) is 1. The molecule has 2 aromatic rings. The molecule has 0 aliphatic carbocycles. The molecule has 0 amide bonds. The summed E-state index contributed by atoms with van der Waals surface area (Å²) in [4.78, 5) is 0. The molecule has 1 nitrogen and oxygen atoms in total. The third kappa shape index (κ3) is 4.83. The van der Waals surface area contributed by atoms with Gasteiger partial charge in [0, 0.05) is 11.3 Å². The molecule has 90 valence electrons. The van der Waals surface area contributed by atoms with Gasteiger partial charge in [0.25, 0.3) is 0 Å². The van der Waals surface area contributed by atoms with E-state index >= 15 is 0 Å². The predicted octanol–water partition coefficient (Wildman–Crippen LogP) is 4.19. The molecule has 0 aromatic heterocycles. The minimum atomic E-state index is -0.471. The first-order valence-corrected chi connectivity index (χ1v) is 12.0. The third-order valence-corrected chi connectivity index (χ3v) is 2.09. The first-order valence-electron chi connectivity index (χ1n) is 5.05. The van der Waals surface area contributed by atoms with Crippen molar-refractivity contribution in [2.24, 2.45) is 0 Å². The van der Waals surface area contributed by atoms with Crippen molar-refractivity contribution in [1.82, 2.24) is 0 Å². The molecule has 0 unspecified atom stereocenters. The van der Waals surface area contributed by atoms with E-state index < -0.39 is 11.6 Å². The van der Waals surface area contributed by atoms with Gasteiger partial charge in [-0.3, -0.25) is 0 Å². The summed E-state index contributed by atoms with van der Waals surface area (Å²) in [5.41, 5.74) is 0.202. The number of hydrogen-bond donors (Lipinski definition) is 0. The summed E-state index contributed by atoms with van der Waals surface area (Å²) < 4.78 is 31.4. The van der Waals surface area contributed by atoms with Gasteiger partial charge in [-0.1, -0.05) is 0 Å². The van der Waals surface area contributed by atoms with Crippen LogP contribution >= 0.6 is 13.6 Å². The van der Waals surface area contributed by atoms with Gasteiger partial charge in [-0.25, -0.2) is 8.78 Å². The van der Waals surface area contributed by atoms with Gasteiger partial charge in [0.2, 0.25) is 0 Å². The van der Waals surface area contributed by atoms with E-state index in [0.29, 0.717) is 5.75 Å². The number of rotatable bonds is 3. The normalized spacial score (nSPS) is 9.39. The number of benzene rings is 2. The maximum atomic E-state index is 13.2. The van der Waals surface area contributed by atoms with E-state index in [1.165, 1.54) is 16.3 Å². The molecule has 0 aliphatic rings. The Kier molecular flexibility index (Phi) is 7.06. The first kappa shape index (κ1) is 15.3. The van der Waals surface area contributed by atoms with Crippen molar-refractivity contribution in [1.29, 1.82) is 0 Å². The van der Waals surface area contributed by atoms with Gasteiger partial charge in [0.05, 0.1) is 0 Å². The van der Waals surface area contributed by atoms with Gasteiger partial charge in [-0.15, -0.1) is 12.1 Å². The molecule has 0 saturated carbocycles. The molecule has 5 heteroatoms. The molecule has 0 saturated heterocycles. The fraction of sp³-hybridized carbons (Fsp3) is 0.0769. The van der Waals surface area contributed by atoms with Crippen molar-refractivity contribution in [3.05, 3.63) is 65.7 Å². The summed E-state index contributed by atoms with van der Waals surface area (Å²) in [6.45, 7) is 0.00755. The van der Waals surface area contributed by atoms with Crippen LogP contribution in [0.3, 0.4) is 0 Å². The van der Waals surface area contributed by atoms with Crippen molar-refractivity contribution in [2.75, 3.05) is 0 Å². The Bertz CT molecular complexity index is 480. The Labute approximate surface area is 121 Å². The quantitative estimate of drug-likeness (QED) is 0.586. The zero-order valence-electron chi connectivity index (χ0n) is 9.50. The van der Waals surface area contributed by atoms with Crippen LogP contribution in [0.25, 0.3) is 0 Å². The Morgan fingerprint density at radius 3 is 2.44 bits per heavy atom. The second-order valence-electron chi connectivity index (χ2n) is 3.26. The monoisotopic (exact) mass is 362 g/mol. The summed E-state index contributed by atoms with van der Waals surface area (Å²) in [5, 5.41) is 0. The number of halogens is 3. The van der Waals surface area contributed by atoms with Gasteiger partial charge < -0.3 is 4.74 Å². The first-order chi connectivity index (χ1) is 8.75. The second-order valence-corrected chi connectivity index (χ2v) is 3.26. The van der Waals surface area contributed by atoms with E-state index in [9.17, 15) is 8.78 Å². The molecule has 0 heterocycles. The molecule has 0 aliphatic heterocycles. The summed E-state index contributed by atoms with van der Waals surface area (Å²) in [5.74, 6) is -0.340. The standard InChI is InChI=1S/C13H9F2O.BrH.Zn/c14-11-6-7-13(15)10(8-11)9-16-12-4-2-1-3-5-12;;/h2-8H,9H2;1H;/q-1;;+2/p-1. The van der Waals surface area contributed by atoms with E-state index in [1.807, 2.05) is 0 Å². The number of ether oxygens (including phenoxy) is 1. The van der Waals surface area contributed by atoms with Crippen LogP contribution in [0, 0.1) is 17.7 Å². The van der Waals surface area contributed by atoms with Crippen molar-refractivity contribution in [2.45, 2.75) is 6.61 Å². The molecular weight excluding hydrogens is 355 g/mol. The molecule has 2 aromatic carbocycles. The van der Waals surface area contributed by atoms with E-state index in [-0.39, 0.29) is 12.2 Å². The van der Waals surface area contributed by atoms with Gasteiger partial charge in [0.15, 0.2) is 0 Å². The van der Waals surface area contributed by atoms with E-state index in [2.05, 4.69) is 19.7 Å². The predicted molar refractivity (Wildman–Crippen MR) is 64.9 cm³/mol. The molecule has 18 heavy (non-hydrogen) atoms. The molecule has 0 N–H and O–H groups in total. The van der Waals surface area contributed by atoms with Crippen molar-refractivity contribution in [3.63, 3.8) is 0 Å². The summed E-state index contributed by atoms with van der Waals surface area (Å²) in [6.07, 6.45) is 0. The van der Waals surface area contributed by atoms with Crippen LogP contribution in [0.4, 0.5) is 8.78 Å². The maximum absolute atomic E-state index is 13.2. The average Bonchev–Trinajstić information content (AvgIpc) is 2.43. The Morgan fingerprint density at radius 2 is 1.78 bits per heavy atom. The van der Waals surface area contributed by atoms with Crippen molar-refractivity contribution < 1.29 is 29.9 Å². The van der Waals surface area contributed by atoms with Crippen LogP contribution in [0.1, 0.15) is 5.56 Å². The zero-order valence-corrected chi connectivity index (χ0v) is 14.1. The Morgan fingerprint density at radius 1 is 1.11 bits per heavy atom. The van der Waals surface area contributed by atoms with Crippen LogP contribution in [-0.4, -0.2) is 0 Å². The van der Waals surface area contributed by atoms with Crippen LogP contribution in [-0.2, 0) is 22.9 Å². The molecule has 0 fully saturated rings. The van der Waals surface area contributed by atoms with Gasteiger partial charge in [-0.05, 0) is 18.2 Å². The van der Waals surface area contributed by atoms with Crippen molar-refractivity contribution in [3.8, 4) is 5.75 Å². The summed E-state index contributed by atoms with van der Waals surface area (Å²) in [7, 11) is 0. The van der Waals surface area contributed by atoms with Gasteiger partial charge >= 0.3 is 30.0 Å².